The van der Waals surface area contributed by atoms with Gasteiger partial charge in [-0.3, -0.25) is 4.90 Å². The van der Waals surface area contributed by atoms with Gasteiger partial charge in [0, 0.05) is 26.1 Å². The van der Waals surface area contributed by atoms with E-state index in [1.807, 2.05) is 60.7 Å². The minimum atomic E-state index is -0.688. The van der Waals surface area contributed by atoms with Gasteiger partial charge in [-0.05, 0) is 35.4 Å². The molecular weight excluding hydrogens is 407 g/mol. The Morgan fingerprint density at radius 2 is 1.69 bits per heavy atom. The van der Waals surface area contributed by atoms with Crippen molar-refractivity contribution in [3.8, 4) is 5.75 Å². The summed E-state index contributed by atoms with van der Waals surface area (Å²) in [6, 6.07) is 25.8. The lowest BCUT2D eigenvalue weighted by molar-refractivity contribution is 0.0213. The highest BCUT2D eigenvalue weighted by atomic mass is 19.1. The van der Waals surface area contributed by atoms with Gasteiger partial charge < -0.3 is 14.7 Å². The van der Waals surface area contributed by atoms with Gasteiger partial charge >= 0.3 is 0 Å². The van der Waals surface area contributed by atoms with Gasteiger partial charge in [0.05, 0.1) is 5.71 Å². The Morgan fingerprint density at radius 3 is 2.41 bits per heavy atom. The van der Waals surface area contributed by atoms with Crippen LogP contribution in [0.4, 0.5) is 4.39 Å². The first-order valence-electron chi connectivity index (χ1n) is 10.8. The van der Waals surface area contributed by atoms with Crippen molar-refractivity contribution in [1.82, 2.24) is 4.90 Å². The van der Waals surface area contributed by atoms with Crippen LogP contribution in [0.5, 0.6) is 5.75 Å². The molecule has 2 atom stereocenters. The van der Waals surface area contributed by atoms with Gasteiger partial charge in [0.25, 0.3) is 0 Å². The van der Waals surface area contributed by atoms with Crippen molar-refractivity contribution in [2.45, 2.75) is 25.2 Å². The van der Waals surface area contributed by atoms with Crippen LogP contribution < -0.4 is 4.74 Å². The van der Waals surface area contributed by atoms with E-state index < -0.39 is 6.10 Å². The topological polar surface area (TPSA) is 54.3 Å². The van der Waals surface area contributed by atoms with E-state index in [4.69, 9.17) is 9.57 Å². The maximum Gasteiger partial charge on any atom is 0.145 e. The number of rotatable bonds is 10. The fraction of sp³-hybridized carbons (Fsp3) is 0.269. The Morgan fingerprint density at radius 1 is 1.00 bits per heavy atom. The summed E-state index contributed by atoms with van der Waals surface area (Å²) in [5, 5.41) is 14.9. The smallest absolute Gasteiger partial charge is 0.145 e. The first-order chi connectivity index (χ1) is 15.7. The predicted molar refractivity (Wildman–Crippen MR) is 122 cm³/mol. The van der Waals surface area contributed by atoms with Crippen molar-refractivity contribution in [2.24, 2.45) is 5.16 Å². The molecule has 0 bridgehead atoms. The molecule has 0 spiro atoms. The molecule has 1 aliphatic rings. The van der Waals surface area contributed by atoms with Gasteiger partial charge in [-0.25, -0.2) is 4.39 Å². The molecule has 1 aliphatic heterocycles. The minimum Gasteiger partial charge on any atom is -0.491 e. The summed E-state index contributed by atoms with van der Waals surface area (Å²) in [5.74, 6) is 0.452. The third-order valence-corrected chi connectivity index (χ3v) is 5.28. The van der Waals surface area contributed by atoms with Crippen molar-refractivity contribution in [2.75, 3.05) is 19.7 Å². The zero-order valence-corrected chi connectivity index (χ0v) is 17.8. The monoisotopic (exact) mass is 434 g/mol. The summed E-state index contributed by atoms with van der Waals surface area (Å²) < 4.78 is 19.0. The van der Waals surface area contributed by atoms with Gasteiger partial charge in [-0.2, -0.15) is 0 Å². The number of aliphatic hydroxyl groups excluding tert-OH is 1. The first kappa shape index (κ1) is 22.0. The summed E-state index contributed by atoms with van der Waals surface area (Å²) >= 11 is 0. The highest BCUT2D eigenvalue weighted by molar-refractivity contribution is 6.01. The van der Waals surface area contributed by atoms with Gasteiger partial charge in [0.15, 0.2) is 0 Å². The van der Waals surface area contributed by atoms with E-state index in [1.54, 1.807) is 12.1 Å². The maximum absolute atomic E-state index is 13.3. The molecule has 0 radical (unpaired) electrons. The van der Waals surface area contributed by atoms with E-state index >= 15 is 0 Å². The minimum absolute atomic E-state index is 0.118. The molecule has 1 heterocycles. The molecule has 1 N–H and O–H groups in total. The van der Waals surface area contributed by atoms with Crippen molar-refractivity contribution in [3.05, 3.63) is 102 Å². The number of nitrogens with zero attached hydrogens (tertiary/aromatic N) is 2. The highest BCUT2D eigenvalue weighted by Gasteiger charge is 2.26. The van der Waals surface area contributed by atoms with Gasteiger partial charge in [-0.15, -0.1) is 0 Å². The van der Waals surface area contributed by atoms with Crippen LogP contribution in [0, 0.1) is 5.82 Å². The molecule has 166 valence electrons. The number of aliphatic hydroxyl groups is 1. The van der Waals surface area contributed by atoms with E-state index in [2.05, 4.69) is 10.1 Å². The summed E-state index contributed by atoms with van der Waals surface area (Å²) in [5.41, 5.74) is 2.94. The second-order valence-electron chi connectivity index (χ2n) is 7.93. The van der Waals surface area contributed by atoms with E-state index in [-0.39, 0.29) is 18.5 Å². The summed E-state index contributed by atoms with van der Waals surface area (Å²) in [6.07, 6.45) is -0.111. The van der Waals surface area contributed by atoms with Crippen molar-refractivity contribution in [3.63, 3.8) is 0 Å². The summed E-state index contributed by atoms with van der Waals surface area (Å²) in [4.78, 5) is 7.79. The fourth-order valence-electron chi connectivity index (χ4n) is 3.73. The lowest BCUT2D eigenvalue weighted by Gasteiger charge is -2.27. The van der Waals surface area contributed by atoms with E-state index in [9.17, 15) is 9.50 Å². The highest BCUT2D eigenvalue weighted by Crippen LogP contribution is 2.19. The van der Waals surface area contributed by atoms with Crippen LogP contribution in [0.1, 0.15) is 17.5 Å². The third kappa shape index (κ3) is 6.39. The van der Waals surface area contributed by atoms with E-state index in [0.29, 0.717) is 26.1 Å². The van der Waals surface area contributed by atoms with E-state index in [1.165, 1.54) is 12.1 Å². The number of para-hydroxylation sites is 1. The molecule has 4 rings (SSSR count). The van der Waals surface area contributed by atoms with Crippen LogP contribution in [0.3, 0.4) is 0 Å². The average molecular weight is 435 g/mol. The Bertz CT molecular complexity index is 997. The molecule has 6 heteroatoms. The molecule has 0 amide bonds. The number of benzene rings is 3. The molecule has 32 heavy (non-hydrogen) atoms. The molecule has 3 aromatic rings. The normalized spacial score (nSPS) is 16.5. The van der Waals surface area contributed by atoms with Gasteiger partial charge in [0.2, 0.25) is 0 Å². The summed E-state index contributed by atoms with van der Waals surface area (Å²) in [7, 11) is 0. The number of hydrogen-bond acceptors (Lipinski definition) is 5. The van der Waals surface area contributed by atoms with Crippen LogP contribution in [-0.4, -0.2) is 47.6 Å². The molecular formula is C26H27FN2O3. The number of hydrogen-bond donors (Lipinski definition) is 1. The molecule has 0 saturated heterocycles. The lowest BCUT2D eigenvalue weighted by atomic mass is 10.0. The standard InChI is InChI=1S/C26H27FN2O3/c27-22-13-11-20(12-14-22)16-29(17-23(30)19-31-24-9-5-2-6-10-24)18-25-15-26(28-32-25)21-7-3-1-4-8-21/h1-14,23,25,30H,15-19H2/t23-,25-/m1/s1. The number of halogens is 1. The van der Waals surface area contributed by atoms with Crippen LogP contribution in [0.2, 0.25) is 0 Å². The number of ether oxygens (including phenoxy) is 1. The molecule has 0 aliphatic carbocycles. The third-order valence-electron chi connectivity index (χ3n) is 5.28. The molecule has 0 unspecified atom stereocenters. The molecule has 5 nitrogen and oxygen atoms in total. The fourth-order valence-corrected chi connectivity index (χ4v) is 3.73. The Labute approximate surface area is 187 Å². The number of oxime groups is 1. The molecule has 0 saturated carbocycles. The largest absolute Gasteiger partial charge is 0.491 e. The quantitative estimate of drug-likeness (QED) is 0.518. The first-order valence-corrected chi connectivity index (χ1v) is 10.8. The second kappa shape index (κ2) is 10.9. The zero-order valence-electron chi connectivity index (χ0n) is 17.8. The van der Waals surface area contributed by atoms with Crippen LogP contribution in [0.25, 0.3) is 0 Å². The SMILES string of the molecule is O[C@@H](COc1ccccc1)CN(Cc1ccc(F)cc1)C[C@H]1CC(c2ccccc2)=NO1. The van der Waals surface area contributed by atoms with Crippen molar-refractivity contribution >= 4 is 5.71 Å². The molecule has 0 aromatic heterocycles. The van der Waals surface area contributed by atoms with Crippen LogP contribution in [-0.2, 0) is 11.4 Å². The molecule has 0 fully saturated rings. The molecule has 3 aromatic carbocycles. The average Bonchev–Trinajstić information content (AvgIpc) is 3.29. The predicted octanol–water partition coefficient (Wildman–Crippen LogP) is 4.26. The van der Waals surface area contributed by atoms with Gasteiger partial charge in [0.1, 0.15) is 30.4 Å². The van der Waals surface area contributed by atoms with Crippen LogP contribution in [0.15, 0.2) is 90.1 Å². The van der Waals surface area contributed by atoms with Gasteiger partial charge in [-0.1, -0.05) is 65.8 Å². The maximum atomic E-state index is 13.3. The van der Waals surface area contributed by atoms with E-state index in [0.717, 1.165) is 22.6 Å². The Balaban J connectivity index is 1.36. The second-order valence-corrected chi connectivity index (χ2v) is 7.93. The zero-order chi connectivity index (χ0) is 22.2. The van der Waals surface area contributed by atoms with Crippen molar-refractivity contribution in [1.29, 1.82) is 0 Å². The Hall–Kier alpha value is -3.22. The van der Waals surface area contributed by atoms with Crippen LogP contribution >= 0.6 is 0 Å². The summed E-state index contributed by atoms with van der Waals surface area (Å²) in [6.45, 7) is 1.72. The Kier molecular flexibility index (Phi) is 7.48. The van der Waals surface area contributed by atoms with Crippen molar-refractivity contribution < 1.29 is 19.1 Å². The lowest BCUT2D eigenvalue weighted by Crippen LogP contribution is -2.39.